The molecule has 8 nitrogen and oxygen atoms in total. The molecule has 1 unspecified atom stereocenters. The molecule has 3 aromatic heterocycles. The number of hydrogen-bond acceptors (Lipinski definition) is 6. The van der Waals surface area contributed by atoms with Gasteiger partial charge >= 0.3 is 0 Å². The minimum absolute atomic E-state index is 0.0721. The van der Waals surface area contributed by atoms with Gasteiger partial charge in [0.25, 0.3) is 0 Å². The number of fused-ring (bicyclic) bond motifs is 3. The van der Waals surface area contributed by atoms with E-state index in [1.54, 1.807) is 36.8 Å². The summed E-state index contributed by atoms with van der Waals surface area (Å²) < 4.78 is 30.4. The average molecular weight is 578 g/mol. The van der Waals surface area contributed by atoms with E-state index in [2.05, 4.69) is 30.9 Å². The maximum Gasteiger partial charge on any atom is 0.224 e. The number of aromatic nitrogens is 4. The summed E-state index contributed by atoms with van der Waals surface area (Å²) in [6.07, 6.45) is 7.11. The van der Waals surface area contributed by atoms with Gasteiger partial charge < -0.3 is 15.6 Å². The number of nitrogens with one attached hydrogen (secondary N) is 4. The number of H-pyrrole nitrogens is 1. The van der Waals surface area contributed by atoms with Crippen LogP contribution in [-0.4, -0.2) is 32.0 Å². The first-order valence-electron chi connectivity index (χ1n) is 14.3. The summed E-state index contributed by atoms with van der Waals surface area (Å²) in [5, 5.41) is 9.64. The summed E-state index contributed by atoms with van der Waals surface area (Å²) >= 11 is 0. The van der Waals surface area contributed by atoms with Gasteiger partial charge in [-0.05, 0) is 60.4 Å². The molecule has 43 heavy (non-hydrogen) atoms. The highest BCUT2D eigenvalue weighted by molar-refractivity contribution is 5.95. The number of unbranched alkanes of at least 4 members (excludes halogenated alkanes) is 1. The monoisotopic (exact) mass is 577 g/mol. The van der Waals surface area contributed by atoms with Crippen LogP contribution in [0.3, 0.4) is 0 Å². The fourth-order valence-electron chi connectivity index (χ4n) is 5.65. The molecule has 5 aromatic rings. The van der Waals surface area contributed by atoms with Crippen LogP contribution in [0.5, 0.6) is 0 Å². The Balaban J connectivity index is 1.33. The second kappa shape index (κ2) is 10.7. The standard InChI is InChI=1S/C33H29F2N7O/c1-3-4-5-25(43)39-22-11-17(2)10-19(12-22)29-28(35)26-20(13-37-29)14-38-33-31(42-33)27(26)32-40-24-16-36-15-23(30(24)41-32)18-6-8-21(34)9-7-18/h6-13,15-16,33,38,42H,3-5,14H2,1-2H3,(H,39,43)(H,40,41). The van der Waals surface area contributed by atoms with Crippen molar-refractivity contribution in [3.8, 4) is 22.4 Å². The SMILES string of the molecule is CCCCC(=O)Nc1cc(C)cc(-c2ncc3c(c2F)C(c2nc4c(-c5ccc(F)cc5)cncc4[nH]2)=C2NC2NC3)c1. The molecule has 1 fully saturated rings. The number of carbonyl (C=O) groups excluding carboxylic acids is 1. The third-order valence-electron chi connectivity index (χ3n) is 7.80. The molecule has 2 aliphatic heterocycles. The van der Waals surface area contributed by atoms with Gasteiger partial charge in [0.2, 0.25) is 5.91 Å². The number of halogens is 2. The largest absolute Gasteiger partial charge is 0.365 e. The lowest BCUT2D eigenvalue weighted by Gasteiger charge is -2.15. The summed E-state index contributed by atoms with van der Waals surface area (Å²) in [7, 11) is 0. The quantitative estimate of drug-likeness (QED) is 0.171. The van der Waals surface area contributed by atoms with Crippen molar-refractivity contribution >= 4 is 28.2 Å². The van der Waals surface area contributed by atoms with E-state index >= 15 is 4.39 Å². The highest BCUT2D eigenvalue weighted by Gasteiger charge is 2.39. The summed E-state index contributed by atoms with van der Waals surface area (Å²) in [4.78, 5) is 29.6. The van der Waals surface area contributed by atoms with Crippen molar-refractivity contribution in [3.63, 3.8) is 0 Å². The van der Waals surface area contributed by atoms with Crippen molar-refractivity contribution in [2.75, 3.05) is 5.32 Å². The highest BCUT2D eigenvalue weighted by Crippen LogP contribution is 2.40. The molecule has 216 valence electrons. The van der Waals surface area contributed by atoms with Crippen LogP contribution in [0.25, 0.3) is 39.0 Å². The molecular formula is C33H29F2N7O. The number of rotatable bonds is 7. The fraction of sp³-hybridized carbons (Fsp3) is 0.212. The Morgan fingerprint density at radius 2 is 1.91 bits per heavy atom. The smallest absolute Gasteiger partial charge is 0.224 e. The summed E-state index contributed by atoms with van der Waals surface area (Å²) in [5.41, 5.74) is 7.64. The van der Waals surface area contributed by atoms with Crippen LogP contribution < -0.4 is 16.0 Å². The summed E-state index contributed by atoms with van der Waals surface area (Å²) in [6, 6.07) is 11.7. The number of nitrogens with zero attached hydrogens (tertiary/aromatic N) is 3. The summed E-state index contributed by atoms with van der Waals surface area (Å²) in [5.74, 6) is -0.378. The second-order valence-electron chi connectivity index (χ2n) is 11.0. The fourth-order valence-corrected chi connectivity index (χ4v) is 5.65. The molecule has 0 radical (unpaired) electrons. The van der Waals surface area contributed by atoms with Crippen LogP contribution in [0.4, 0.5) is 14.5 Å². The zero-order valence-electron chi connectivity index (χ0n) is 23.7. The van der Waals surface area contributed by atoms with Gasteiger partial charge in [-0.2, -0.15) is 0 Å². The Kier molecular flexibility index (Phi) is 6.70. The number of hydrogen-bond donors (Lipinski definition) is 4. The predicted molar refractivity (Wildman–Crippen MR) is 162 cm³/mol. The molecule has 0 bridgehead atoms. The Bertz CT molecular complexity index is 1930. The zero-order valence-corrected chi connectivity index (χ0v) is 23.7. The molecule has 4 N–H and O–H groups in total. The molecule has 1 saturated heterocycles. The minimum Gasteiger partial charge on any atom is -0.365 e. The maximum absolute atomic E-state index is 16.7. The molecule has 2 aromatic carbocycles. The number of aromatic amines is 1. The first kappa shape index (κ1) is 26.9. The third-order valence-corrected chi connectivity index (χ3v) is 7.80. The van der Waals surface area contributed by atoms with Gasteiger partial charge in [-0.3, -0.25) is 20.1 Å². The van der Waals surface area contributed by atoms with E-state index in [0.29, 0.717) is 57.8 Å². The number of aryl methyl sites for hydroxylation is 1. The van der Waals surface area contributed by atoms with E-state index in [0.717, 1.165) is 35.2 Å². The van der Waals surface area contributed by atoms with Crippen LogP contribution in [-0.2, 0) is 11.3 Å². The molecule has 2 aliphatic rings. The normalized spacial score (nSPS) is 15.5. The van der Waals surface area contributed by atoms with E-state index in [1.165, 1.54) is 12.1 Å². The average Bonchev–Trinajstić information content (AvgIpc) is 3.65. The van der Waals surface area contributed by atoms with Crippen molar-refractivity contribution in [1.82, 2.24) is 30.6 Å². The Morgan fingerprint density at radius 1 is 1.07 bits per heavy atom. The topological polar surface area (TPSA) is 118 Å². The molecule has 0 aliphatic carbocycles. The van der Waals surface area contributed by atoms with Gasteiger partial charge in [-0.1, -0.05) is 25.5 Å². The first-order valence-corrected chi connectivity index (χ1v) is 14.3. The number of benzene rings is 2. The van der Waals surface area contributed by atoms with Gasteiger partial charge in [0, 0.05) is 47.7 Å². The number of pyridine rings is 2. The van der Waals surface area contributed by atoms with Crippen LogP contribution in [0.2, 0.25) is 0 Å². The van der Waals surface area contributed by atoms with Gasteiger partial charge in [0.15, 0.2) is 5.82 Å². The van der Waals surface area contributed by atoms with E-state index in [4.69, 9.17) is 4.98 Å². The van der Waals surface area contributed by atoms with E-state index in [-0.39, 0.29) is 23.6 Å². The molecule has 1 atom stereocenters. The molecule has 1 amide bonds. The van der Waals surface area contributed by atoms with Gasteiger partial charge in [0.1, 0.15) is 23.5 Å². The van der Waals surface area contributed by atoms with E-state index < -0.39 is 5.82 Å². The first-order chi connectivity index (χ1) is 20.9. The van der Waals surface area contributed by atoms with E-state index in [9.17, 15) is 9.18 Å². The molecule has 5 heterocycles. The van der Waals surface area contributed by atoms with Crippen molar-refractivity contribution in [2.45, 2.75) is 45.8 Å². The number of amides is 1. The van der Waals surface area contributed by atoms with Crippen molar-refractivity contribution < 1.29 is 13.6 Å². The second-order valence-corrected chi connectivity index (χ2v) is 11.0. The van der Waals surface area contributed by atoms with Gasteiger partial charge in [-0.25, -0.2) is 13.8 Å². The lowest BCUT2D eigenvalue weighted by Crippen LogP contribution is -2.19. The van der Waals surface area contributed by atoms with Crippen molar-refractivity contribution in [1.29, 1.82) is 0 Å². The highest BCUT2D eigenvalue weighted by atomic mass is 19.1. The maximum atomic E-state index is 16.7. The van der Waals surface area contributed by atoms with Crippen molar-refractivity contribution in [2.24, 2.45) is 0 Å². The Labute approximate surface area is 246 Å². The number of imidazole rings is 1. The number of carbonyl (C=O) groups is 1. The van der Waals surface area contributed by atoms with Crippen LogP contribution in [0, 0.1) is 18.6 Å². The molecule has 0 spiro atoms. The van der Waals surface area contributed by atoms with Gasteiger partial charge in [-0.15, -0.1) is 0 Å². The number of anilines is 1. The lowest BCUT2D eigenvalue weighted by molar-refractivity contribution is -0.116. The van der Waals surface area contributed by atoms with Crippen molar-refractivity contribution in [3.05, 3.63) is 101 Å². The van der Waals surface area contributed by atoms with E-state index in [1.807, 2.05) is 26.0 Å². The molecule has 10 heteroatoms. The lowest BCUT2D eigenvalue weighted by atomic mass is 9.96. The molecule has 0 saturated carbocycles. The Morgan fingerprint density at radius 3 is 2.72 bits per heavy atom. The van der Waals surface area contributed by atoms with Crippen LogP contribution in [0.15, 0.2) is 66.8 Å². The summed E-state index contributed by atoms with van der Waals surface area (Å²) in [6.45, 7) is 4.36. The Hall–Kier alpha value is -4.96. The van der Waals surface area contributed by atoms with Gasteiger partial charge in [0.05, 0.1) is 28.5 Å². The van der Waals surface area contributed by atoms with Crippen LogP contribution in [0.1, 0.15) is 48.7 Å². The third kappa shape index (κ3) is 5.03. The minimum atomic E-state index is -0.470. The molecular weight excluding hydrogens is 548 g/mol. The van der Waals surface area contributed by atoms with Crippen LogP contribution >= 0.6 is 0 Å². The predicted octanol–water partition coefficient (Wildman–Crippen LogP) is 6.19. The zero-order chi connectivity index (χ0) is 29.7. The molecule has 7 rings (SSSR count).